The van der Waals surface area contributed by atoms with Crippen LogP contribution in [0.15, 0.2) is 139 Å². The average molecular weight is 549 g/mol. The fourth-order valence-electron chi connectivity index (χ4n) is 4.88. The quantitative estimate of drug-likeness (QED) is 0.159. The van der Waals surface area contributed by atoms with E-state index < -0.39 is 5.97 Å². The van der Waals surface area contributed by atoms with Crippen LogP contribution in [0.1, 0.15) is 5.56 Å². The monoisotopic (exact) mass is 548 g/mol. The van der Waals surface area contributed by atoms with Crippen LogP contribution in [-0.4, -0.2) is 11.1 Å². The molecule has 1 N–H and O–H groups in total. The van der Waals surface area contributed by atoms with Crippen molar-refractivity contribution in [3.63, 3.8) is 0 Å². The number of rotatable bonds is 7. The normalized spacial score (nSPS) is 11.2. The average Bonchev–Trinajstić information content (AvgIpc) is 3.52. The summed E-state index contributed by atoms with van der Waals surface area (Å²) in [6.07, 6.45) is 1.38. The lowest BCUT2D eigenvalue weighted by Crippen LogP contribution is -2.10. The Hall–Kier alpha value is -5.44. The van der Waals surface area contributed by atoms with E-state index in [1.165, 1.54) is 16.8 Å². The van der Waals surface area contributed by atoms with Gasteiger partial charge in [0.2, 0.25) is 0 Å². The molecule has 6 aromatic rings. The van der Waals surface area contributed by atoms with Gasteiger partial charge < -0.3 is 10.0 Å². The summed E-state index contributed by atoms with van der Waals surface area (Å²) in [5, 5.41) is 20.5. The van der Waals surface area contributed by atoms with Crippen LogP contribution >= 0.6 is 11.3 Å². The van der Waals surface area contributed by atoms with Crippen molar-refractivity contribution >= 4 is 51.2 Å². The van der Waals surface area contributed by atoms with Crippen LogP contribution in [0, 0.1) is 11.3 Å². The van der Waals surface area contributed by atoms with E-state index in [9.17, 15) is 4.79 Å². The number of aliphatic carboxylic acids is 1. The Morgan fingerprint density at radius 1 is 0.683 bits per heavy atom. The van der Waals surface area contributed by atoms with Gasteiger partial charge in [-0.3, -0.25) is 0 Å². The third-order valence-electron chi connectivity index (χ3n) is 6.89. The van der Waals surface area contributed by atoms with Crippen molar-refractivity contribution < 1.29 is 9.90 Å². The molecule has 6 rings (SSSR count). The Bertz CT molecular complexity index is 1910. The summed E-state index contributed by atoms with van der Waals surface area (Å²) in [6, 6.07) is 47.4. The molecule has 41 heavy (non-hydrogen) atoms. The molecule has 0 aliphatic rings. The Balaban J connectivity index is 1.30. The maximum absolute atomic E-state index is 11.1. The molecule has 0 bridgehead atoms. The second-order valence-electron chi connectivity index (χ2n) is 9.48. The molecule has 1 aromatic heterocycles. The molecule has 5 heteroatoms. The summed E-state index contributed by atoms with van der Waals surface area (Å²) in [5.41, 5.74) is 5.86. The van der Waals surface area contributed by atoms with E-state index in [2.05, 4.69) is 108 Å². The lowest BCUT2D eigenvalue weighted by molar-refractivity contribution is -0.132. The first-order chi connectivity index (χ1) is 20.1. The van der Waals surface area contributed by atoms with Gasteiger partial charge in [-0.15, -0.1) is 11.3 Å². The largest absolute Gasteiger partial charge is 0.477 e. The van der Waals surface area contributed by atoms with Crippen molar-refractivity contribution in [3.05, 3.63) is 145 Å². The van der Waals surface area contributed by atoms with Gasteiger partial charge in [-0.25, -0.2) is 4.79 Å². The third kappa shape index (κ3) is 5.38. The third-order valence-corrected chi connectivity index (χ3v) is 8.08. The second kappa shape index (κ2) is 11.4. The number of thiophene rings is 1. The maximum Gasteiger partial charge on any atom is 0.346 e. The number of para-hydroxylation sites is 1. The van der Waals surface area contributed by atoms with Gasteiger partial charge >= 0.3 is 5.97 Å². The van der Waals surface area contributed by atoms with E-state index >= 15 is 0 Å². The van der Waals surface area contributed by atoms with E-state index in [1.54, 1.807) is 17.4 Å². The van der Waals surface area contributed by atoms with Gasteiger partial charge in [-0.2, -0.15) is 5.26 Å². The zero-order valence-electron chi connectivity index (χ0n) is 21.9. The molecule has 0 spiro atoms. The highest BCUT2D eigenvalue weighted by molar-refractivity contribution is 7.18. The number of carboxylic acids is 1. The smallest absolute Gasteiger partial charge is 0.346 e. The van der Waals surface area contributed by atoms with Gasteiger partial charge in [-0.1, -0.05) is 91.0 Å². The standard InChI is InChI=1S/C36H24N2O2S/c37-24-29(36(39)40)23-25-13-15-27(16-14-25)34-21-22-35(41-34)28-17-19-31(20-18-28)38(30-9-2-1-3-10-30)33-12-6-8-26-7-4-5-11-32(26)33/h1-23H,(H,39,40)/b29-23+. The van der Waals surface area contributed by atoms with E-state index in [1.807, 2.05) is 30.3 Å². The summed E-state index contributed by atoms with van der Waals surface area (Å²) in [4.78, 5) is 15.7. The highest BCUT2D eigenvalue weighted by Gasteiger charge is 2.15. The molecule has 5 aromatic carbocycles. The van der Waals surface area contributed by atoms with Gasteiger partial charge in [0.15, 0.2) is 0 Å². The predicted octanol–water partition coefficient (Wildman–Crippen LogP) is 9.70. The fourth-order valence-corrected chi connectivity index (χ4v) is 5.90. The molecule has 4 nitrogen and oxygen atoms in total. The molecular weight excluding hydrogens is 524 g/mol. The van der Waals surface area contributed by atoms with Crippen molar-refractivity contribution in [3.8, 4) is 27.0 Å². The number of nitrogens with zero attached hydrogens (tertiary/aromatic N) is 2. The molecule has 0 saturated heterocycles. The van der Waals surface area contributed by atoms with Crippen molar-refractivity contribution in [1.29, 1.82) is 5.26 Å². The van der Waals surface area contributed by atoms with E-state index in [0.717, 1.165) is 37.9 Å². The van der Waals surface area contributed by atoms with Crippen LogP contribution < -0.4 is 4.90 Å². The van der Waals surface area contributed by atoms with Crippen LogP contribution in [-0.2, 0) is 4.79 Å². The highest BCUT2D eigenvalue weighted by atomic mass is 32.1. The molecule has 0 atom stereocenters. The minimum atomic E-state index is -1.23. The van der Waals surface area contributed by atoms with Gasteiger partial charge in [0.25, 0.3) is 0 Å². The number of carboxylic acid groups (broad SMARTS) is 1. The summed E-state index contributed by atoms with van der Waals surface area (Å²) in [7, 11) is 0. The van der Waals surface area contributed by atoms with Gasteiger partial charge in [-0.05, 0) is 70.6 Å². The predicted molar refractivity (Wildman–Crippen MR) is 169 cm³/mol. The molecule has 0 aliphatic carbocycles. The molecule has 0 aliphatic heterocycles. The molecule has 0 radical (unpaired) electrons. The zero-order valence-corrected chi connectivity index (χ0v) is 22.8. The zero-order chi connectivity index (χ0) is 28.2. The molecule has 196 valence electrons. The molecule has 0 fully saturated rings. The minimum Gasteiger partial charge on any atom is -0.477 e. The van der Waals surface area contributed by atoms with Crippen LogP contribution in [0.3, 0.4) is 0 Å². The summed E-state index contributed by atoms with van der Waals surface area (Å²) in [6.45, 7) is 0. The van der Waals surface area contributed by atoms with Crippen molar-refractivity contribution in [2.45, 2.75) is 0 Å². The Labute approximate surface area is 242 Å². The first-order valence-electron chi connectivity index (χ1n) is 13.1. The summed E-state index contributed by atoms with van der Waals surface area (Å²) in [5.74, 6) is -1.23. The van der Waals surface area contributed by atoms with Crippen molar-refractivity contribution in [2.75, 3.05) is 4.90 Å². The second-order valence-corrected chi connectivity index (χ2v) is 10.6. The van der Waals surface area contributed by atoms with Crippen molar-refractivity contribution in [1.82, 2.24) is 0 Å². The minimum absolute atomic E-state index is 0.286. The SMILES string of the molecule is N#C/C(=C\c1ccc(-c2ccc(-c3ccc(N(c4ccccc4)c4cccc5ccccc45)cc3)s2)cc1)C(=O)O. The van der Waals surface area contributed by atoms with Crippen LogP contribution in [0.2, 0.25) is 0 Å². The first kappa shape index (κ1) is 25.8. The van der Waals surface area contributed by atoms with E-state index in [0.29, 0.717) is 5.56 Å². The number of hydrogen-bond acceptors (Lipinski definition) is 4. The van der Waals surface area contributed by atoms with Crippen molar-refractivity contribution in [2.24, 2.45) is 0 Å². The topological polar surface area (TPSA) is 64.3 Å². The number of benzene rings is 5. The van der Waals surface area contributed by atoms with Gasteiger partial charge in [0.05, 0.1) is 5.69 Å². The summed E-state index contributed by atoms with van der Waals surface area (Å²) < 4.78 is 0. The maximum atomic E-state index is 11.1. The molecule has 0 unspecified atom stereocenters. The fraction of sp³-hybridized carbons (Fsp3) is 0. The van der Waals surface area contributed by atoms with Gasteiger partial charge in [0.1, 0.15) is 11.6 Å². The number of anilines is 3. The molecule has 1 heterocycles. The van der Waals surface area contributed by atoms with E-state index in [-0.39, 0.29) is 5.57 Å². The molecule has 0 saturated carbocycles. The van der Waals surface area contributed by atoms with Crippen LogP contribution in [0.25, 0.3) is 37.7 Å². The van der Waals surface area contributed by atoms with Gasteiger partial charge in [0, 0.05) is 26.5 Å². The highest BCUT2D eigenvalue weighted by Crippen LogP contribution is 2.40. The number of hydrogen-bond donors (Lipinski definition) is 1. The van der Waals surface area contributed by atoms with Crippen LogP contribution in [0.4, 0.5) is 17.1 Å². The van der Waals surface area contributed by atoms with Crippen LogP contribution in [0.5, 0.6) is 0 Å². The first-order valence-corrected chi connectivity index (χ1v) is 13.9. The van der Waals surface area contributed by atoms with E-state index in [4.69, 9.17) is 10.4 Å². The molecule has 0 amide bonds. The Morgan fingerprint density at radius 3 is 1.93 bits per heavy atom. The summed E-state index contributed by atoms with van der Waals surface area (Å²) >= 11 is 1.70. The lowest BCUT2D eigenvalue weighted by Gasteiger charge is -2.27. The molecular formula is C36H24N2O2S. The Kier molecular flexibility index (Phi) is 7.15. The number of carbonyl (C=O) groups is 1. The lowest BCUT2D eigenvalue weighted by atomic mass is 10.1. The Morgan fingerprint density at radius 2 is 1.27 bits per heavy atom. The number of fused-ring (bicyclic) bond motifs is 1. The number of nitriles is 1.